The molecule has 0 radical (unpaired) electrons. The Morgan fingerprint density at radius 2 is 1.81 bits per heavy atom. The molecule has 9 nitrogen and oxygen atoms in total. The molecular formula is C17H19N5O4S. The molecule has 0 fully saturated rings. The van der Waals surface area contributed by atoms with Crippen LogP contribution in [0, 0.1) is 0 Å². The lowest BCUT2D eigenvalue weighted by Crippen LogP contribution is -2.32. The standard InChI is InChI=1S/C17H19N5O4S/c1-25-15-7-13-14(8-16(15)26-2)20-10-21-17(13)11-3-4-12(19-9-11)5-6-22-27(18,23)24/h3-4,7-10,22H,5-6H2,1-2H3,(H2,18,23,24). The smallest absolute Gasteiger partial charge is 0.274 e. The van der Waals surface area contributed by atoms with E-state index in [1.807, 2.05) is 18.2 Å². The van der Waals surface area contributed by atoms with Crippen molar-refractivity contribution in [3.05, 3.63) is 42.5 Å². The predicted molar refractivity (Wildman–Crippen MR) is 101 cm³/mol. The molecule has 2 heterocycles. The van der Waals surface area contributed by atoms with Crippen molar-refractivity contribution in [1.82, 2.24) is 19.7 Å². The molecular weight excluding hydrogens is 370 g/mol. The summed E-state index contributed by atoms with van der Waals surface area (Å²) in [6.45, 7) is 0.179. The number of aromatic nitrogens is 3. The highest BCUT2D eigenvalue weighted by Crippen LogP contribution is 2.34. The number of fused-ring (bicyclic) bond motifs is 1. The predicted octanol–water partition coefficient (Wildman–Crippen LogP) is 1.04. The highest BCUT2D eigenvalue weighted by molar-refractivity contribution is 7.87. The van der Waals surface area contributed by atoms with Crippen LogP contribution in [0.4, 0.5) is 0 Å². The summed E-state index contributed by atoms with van der Waals surface area (Å²) in [5.74, 6) is 1.17. The van der Waals surface area contributed by atoms with Crippen molar-refractivity contribution in [2.75, 3.05) is 20.8 Å². The third-order valence-electron chi connectivity index (χ3n) is 3.92. The van der Waals surface area contributed by atoms with Crippen molar-refractivity contribution in [3.63, 3.8) is 0 Å². The zero-order chi connectivity index (χ0) is 19.4. The molecule has 27 heavy (non-hydrogen) atoms. The number of pyridine rings is 1. The highest BCUT2D eigenvalue weighted by atomic mass is 32.2. The Morgan fingerprint density at radius 3 is 2.44 bits per heavy atom. The molecule has 0 amide bonds. The maximum absolute atomic E-state index is 10.9. The van der Waals surface area contributed by atoms with Crippen molar-refractivity contribution in [2.24, 2.45) is 5.14 Å². The van der Waals surface area contributed by atoms with Gasteiger partial charge in [-0.25, -0.2) is 19.8 Å². The van der Waals surface area contributed by atoms with Crippen LogP contribution >= 0.6 is 0 Å². The maximum atomic E-state index is 10.9. The van der Waals surface area contributed by atoms with Gasteiger partial charge in [-0.05, 0) is 18.2 Å². The molecule has 142 valence electrons. The Balaban J connectivity index is 1.91. The normalized spacial score (nSPS) is 11.5. The van der Waals surface area contributed by atoms with Crippen LogP contribution in [0.2, 0.25) is 0 Å². The summed E-state index contributed by atoms with van der Waals surface area (Å²) in [5.41, 5.74) is 2.96. The molecule has 0 unspecified atom stereocenters. The van der Waals surface area contributed by atoms with E-state index < -0.39 is 10.2 Å². The van der Waals surface area contributed by atoms with E-state index in [4.69, 9.17) is 14.6 Å². The van der Waals surface area contributed by atoms with E-state index in [9.17, 15) is 8.42 Å². The van der Waals surface area contributed by atoms with Gasteiger partial charge in [-0.1, -0.05) is 0 Å². The average molecular weight is 389 g/mol. The van der Waals surface area contributed by atoms with Gasteiger partial charge in [-0.3, -0.25) is 4.98 Å². The van der Waals surface area contributed by atoms with E-state index in [1.54, 1.807) is 26.5 Å². The van der Waals surface area contributed by atoms with E-state index in [0.29, 0.717) is 23.6 Å². The second-order valence-electron chi connectivity index (χ2n) is 5.67. The number of rotatable bonds is 7. The molecule has 0 atom stereocenters. The van der Waals surface area contributed by atoms with Crippen LogP contribution in [0.1, 0.15) is 5.69 Å². The summed E-state index contributed by atoms with van der Waals surface area (Å²) >= 11 is 0. The molecule has 0 aliphatic carbocycles. The number of ether oxygens (including phenoxy) is 2. The Bertz CT molecular complexity index is 1050. The lowest BCUT2D eigenvalue weighted by molar-refractivity contribution is 0.356. The first-order chi connectivity index (χ1) is 12.9. The fraction of sp³-hybridized carbons (Fsp3) is 0.235. The van der Waals surface area contributed by atoms with Gasteiger partial charge in [0.15, 0.2) is 11.5 Å². The Morgan fingerprint density at radius 1 is 1.07 bits per heavy atom. The summed E-state index contributed by atoms with van der Waals surface area (Å²) < 4.78 is 34.7. The molecule has 0 aliphatic heterocycles. The second-order valence-corrected chi connectivity index (χ2v) is 7.05. The van der Waals surface area contributed by atoms with Gasteiger partial charge in [-0.15, -0.1) is 0 Å². The minimum absolute atomic E-state index is 0.179. The van der Waals surface area contributed by atoms with Crippen LogP contribution < -0.4 is 19.3 Å². The lowest BCUT2D eigenvalue weighted by atomic mass is 10.1. The zero-order valence-corrected chi connectivity index (χ0v) is 15.7. The first-order valence-electron chi connectivity index (χ1n) is 8.00. The van der Waals surface area contributed by atoms with E-state index in [0.717, 1.165) is 22.2 Å². The minimum atomic E-state index is -3.70. The van der Waals surface area contributed by atoms with Crippen LogP contribution in [-0.2, 0) is 16.6 Å². The molecule has 10 heteroatoms. The highest BCUT2D eigenvalue weighted by Gasteiger charge is 2.12. The van der Waals surface area contributed by atoms with E-state index in [-0.39, 0.29) is 6.54 Å². The van der Waals surface area contributed by atoms with Crippen LogP contribution in [0.5, 0.6) is 11.5 Å². The monoisotopic (exact) mass is 389 g/mol. The van der Waals surface area contributed by atoms with Gasteiger partial charge in [-0.2, -0.15) is 8.42 Å². The molecule has 2 aromatic heterocycles. The zero-order valence-electron chi connectivity index (χ0n) is 14.8. The van der Waals surface area contributed by atoms with Crippen LogP contribution in [0.3, 0.4) is 0 Å². The van der Waals surface area contributed by atoms with Gasteiger partial charge in [0, 0.05) is 41.9 Å². The topological polar surface area (TPSA) is 129 Å². The molecule has 3 rings (SSSR count). The van der Waals surface area contributed by atoms with E-state index >= 15 is 0 Å². The van der Waals surface area contributed by atoms with Gasteiger partial charge < -0.3 is 9.47 Å². The first-order valence-corrected chi connectivity index (χ1v) is 9.55. The summed E-state index contributed by atoms with van der Waals surface area (Å²) in [7, 11) is -0.562. The molecule has 0 saturated heterocycles. The minimum Gasteiger partial charge on any atom is -0.493 e. The van der Waals surface area contributed by atoms with Crippen molar-refractivity contribution in [1.29, 1.82) is 0 Å². The van der Waals surface area contributed by atoms with Crippen molar-refractivity contribution < 1.29 is 17.9 Å². The van der Waals surface area contributed by atoms with Crippen molar-refractivity contribution in [2.45, 2.75) is 6.42 Å². The van der Waals surface area contributed by atoms with Crippen molar-refractivity contribution >= 4 is 21.1 Å². The molecule has 3 aromatic rings. The van der Waals surface area contributed by atoms with E-state index in [1.165, 1.54) is 6.33 Å². The Kier molecular flexibility index (Phi) is 5.49. The summed E-state index contributed by atoms with van der Waals surface area (Å²) in [5, 5.41) is 5.71. The number of hydrogen-bond acceptors (Lipinski definition) is 7. The van der Waals surface area contributed by atoms with E-state index in [2.05, 4.69) is 19.7 Å². The molecule has 1 aromatic carbocycles. The van der Waals surface area contributed by atoms with Gasteiger partial charge in [0.05, 0.1) is 25.4 Å². The summed E-state index contributed by atoms with van der Waals surface area (Å²) in [6.07, 6.45) is 3.59. The van der Waals surface area contributed by atoms with Crippen molar-refractivity contribution in [3.8, 4) is 22.8 Å². The van der Waals surface area contributed by atoms with Gasteiger partial charge in [0.1, 0.15) is 6.33 Å². The number of methoxy groups -OCH3 is 2. The largest absolute Gasteiger partial charge is 0.493 e. The number of nitrogens with zero attached hydrogens (tertiary/aromatic N) is 3. The molecule has 0 bridgehead atoms. The lowest BCUT2D eigenvalue weighted by Gasteiger charge is -2.11. The second kappa shape index (κ2) is 7.82. The quantitative estimate of drug-likeness (QED) is 0.618. The number of nitrogens with one attached hydrogen (secondary N) is 1. The average Bonchev–Trinajstić information content (AvgIpc) is 2.66. The van der Waals surface area contributed by atoms with Gasteiger partial charge in [0.25, 0.3) is 10.2 Å². The van der Waals surface area contributed by atoms with Crippen LogP contribution in [0.25, 0.3) is 22.2 Å². The molecule has 0 aliphatic rings. The summed E-state index contributed by atoms with van der Waals surface area (Å²) in [4.78, 5) is 13.0. The third kappa shape index (κ3) is 4.48. The number of nitrogens with two attached hydrogens (primary N) is 1. The number of hydrogen-bond donors (Lipinski definition) is 2. The fourth-order valence-electron chi connectivity index (χ4n) is 2.65. The fourth-order valence-corrected chi connectivity index (χ4v) is 3.03. The maximum Gasteiger partial charge on any atom is 0.274 e. The SMILES string of the molecule is COc1cc2ncnc(-c3ccc(CCNS(N)(=O)=O)nc3)c2cc1OC. The Labute approximate surface area is 156 Å². The summed E-state index contributed by atoms with van der Waals surface area (Å²) in [6, 6.07) is 7.31. The van der Waals surface area contributed by atoms with Crippen LogP contribution in [-0.4, -0.2) is 44.1 Å². The van der Waals surface area contributed by atoms with Crippen LogP contribution in [0.15, 0.2) is 36.8 Å². The number of benzene rings is 1. The molecule has 0 spiro atoms. The third-order valence-corrected chi connectivity index (χ3v) is 4.53. The molecule has 3 N–H and O–H groups in total. The molecule has 0 saturated carbocycles. The first kappa shape index (κ1) is 19.0. The Hall–Kier alpha value is -2.82. The van der Waals surface area contributed by atoms with Gasteiger partial charge in [0.2, 0.25) is 0 Å². The van der Waals surface area contributed by atoms with Gasteiger partial charge >= 0.3 is 0 Å².